The molecule has 0 aliphatic rings. The van der Waals surface area contributed by atoms with Crippen molar-refractivity contribution in [1.29, 1.82) is 0 Å². The van der Waals surface area contributed by atoms with Gasteiger partial charge in [0.05, 0.1) is 0 Å². The molecule has 0 aliphatic heterocycles. The second-order valence-corrected chi connectivity index (χ2v) is 25.3. The molecular formula is C50H97O3PS. The number of benzene rings is 1. The number of aryl methyl sites for hydroxylation is 1. The van der Waals surface area contributed by atoms with E-state index in [4.69, 9.17) is 3.97 Å². The first-order valence-corrected chi connectivity index (χ1v) is 29.2. The van der Waals surface area contributed by atoms with Crippen LogP contribution in [0.5, 0.6) is 0 Å². The Morgan fingerprint density at radius 1 is 0.382 bits per heavy atom. The van der Waals surface area contributed by atoms with Crippen molar-refractivity contribution in [2.45, 2.75) is 264 Å². The Bertz CT molecular complexity index is 1030. The Labute approximate surface area is 346 Å². The van der Waals surface area contributed by atoms with Gasteiger partial charge in [-0.2, -0.15) is 0 Å². The molecule has 0 amide bonds. The predicted molar refractivity (Wildman–Crippen MR) is 250 cm³/mol. The average molecular weight is 809 g/mol. The van der Waals surface area contributed by atoms with E-state index in [0.29, 0.717) is 4.90 Å². The van der Waals surface area contributed by atoms with Gasteiger partial charge in [-0.1, -0.05) is 26.2 Å². The molecule has 0 aliphatic carbocycles. The third kappa shape index (κ3) is 24.9. The molecule has 1 rings (SSSR count). The second-order valence-electron chi connectivity index (χ2n) is 17.9. The van der Waals surface area contributed by atoms with Crippen molar-refractivity contribution in [2.24, 2.45) is 0 Å². The Balaban J connectivity index is 3.43. The van der Waals surface area contributed by atoms with E-state index in [2.05, 4.69) is 40.7 Å². The molecule has 326 valence electrons. The van der Waals surface area contributed by atoms with Crippen molar-refractivity contribution in [3.05, 3.63) is 29.8 Å². The summed E-state index contributed by atoms with van der Waals surface area (Å²) < 4.78 is 37.5. The Kier molecular flexibility index (Phi) is 32.9. The first kappa shape index (κ1) is 52.6. The molecule has 0 N–H and O–H groups in total. The molecule has 0 saturated carbocycles. The average Bonchev–Trinajstić information content (AvgIpc) is 3.18. The van der Waals surface area contributed by atoms with Gasteiger partial charge in [0.2, 0.25) is 0 Å². The van der Waals surface area contributed by atoms with Crippen LogP contribution in [0.15, 0.2) is 29.2 Å². The second kappa shape index (κ2) is 34.4. The summed E-state index contributed by atoms with van der Waals surface area (Å²) in [5.74, 6) is 0. The summed E-state index contributed by atoms with van der Waals surface area (Å²) >= 11 is 0. The summed E-state index contributed by atoms with van der Waals surface area (Å²) in [5, 5.41) is 0. The van der Waals surface area contributed by atoms with Crippen molar-refractivity contribution in [3.8, 4) is 0 Å². The fourth-order valence-electron chi connectivity index (χ4n) is 9.06. The minimum absolute atomic E-state index is 0.483. The van der Waals surface area contributed by atoms with Crippen molar-refractivity contribution < 1.29 is 12.4 Å². The summed E-state index contributed by atoms with van der Waals surface area (Å²) in [7, 11) is -3.92. The third-order valence-electron chi connectivity index (χ3n) is 12.7. The summed E-state index contributed by atoms with van der Waals surface area (Å²) in [6.45, 7) is 8.32. The SMILES string of the molecule is CCCCCCCCCCCCc1ccccc1S(=O)(=O)OP(CCCCCCCC)(CCCCCCCC)(CCCCCCCC)CCCCCCCC. The van der Waals surface area contributed by atoms with Crippen molar-refractivity contribution in [1.82, 2.24) is 0 Å². The van der Waals surface area contributed by atoms with Crippen molar-refractivity contribution in [3.63, 3.8) is 0 Å². The quantitative estimate of drug-likeness (QED) is 0.0488. The summed E-state index contributed by atoms with van der Waals surface area (Å²) in [4.78, 5) is 0.483. The van der Waals surface area contributed by atoms with E-state index < -0.39 is 16.9 Å². The van der Waals surface area contributed by atoms with Crippen LogP contribution in [0.25, 0.3) is 0 Å². The molecule has 0 heterocycles. The molecule has 3 nitrogen and oxygen atoms in total. The fourth-order valence-corrected chi connectivity index (χ4v) is 19.0. The number of unbranched alkanes of at least 4 members (excludes halogenated alkanes) is 29. The predicted octanol–water partition coefficient (Wildman–Crippen LogP) is 17.8. The van der Waals surface area contributed by atoms with Crippen LogP contribution in [0.4, 0.5) is 0 Å². The standard InChI is InChI=1S/C50H97O3PS/c1-6-11-16-21-26-27-28-29-30-35-42-49-43-36-37-44-50(49)55(51,52)53-54(45-38-31-22-17-12-7-2,46-39-32-23-18-13-8-3,47-40-33-24-19-14-9-4)48-41-34-25-20-15-10-5/h36-37,43-44H,6-35,38-42,45-48H2,1-5H3. The van der Waals surface area contributed by atoms with Crippen LogP contribution in [0.3, 0.4) is 0 Å². The van der Waals surface area contributed by atoms with Crippen molar-refractivity contribution >= 4 is 16.9 Å². The maximum absolute atomic E-state index is 15.1. The van der Waals surface area contributed by atoms with Gasteiger partial charge in [0.25, 0.3) is 0 Å². The molecular weight excluding hydrogens is 712 g/mol. The Morgan fingerprint density at radius 2 is 0.655 bits per heavy atom. The zero-order chi connectivity index (χ0) is 40.2. The van der Waals surface area contributed by atoms with E-state index in [1.54, 1.807) is 0 Å². The van der Waals surface area contributed by atoms with Gasteiger partial charge in [0.1, 0.15) is 0 Å². The van der Waals surface area contributed by atoms with E-state index in [1.807, 2.05) is 18.2 Å². The monoisotopic (exact) mass is 809 g/mol. The van der Waals surface area contributed by atoms with Gasteiger partial charge in [-0.25, -0.2) is 0 Å². The van der Waals surface area contributed by atoms with E-state index in [1.165, 1.54) is 186 Å². The van der Waals surface area contributed by atoms with Gasteiger partial charge in [-0.15, -0.1) is 0 Å². The van der Waals surface area contributed by atoms with E-state index >= 15 is 8.42 Å². The van der Waals surface area contributed by atoms with Gasteiger partial charge in [-0.3, -0.25) is 0 Å². The number of rotatable bonds is 42. The number of hydrogen-bond donors (Lipinski definition) is 0. The molecule has 0 radical (unpaired) electrons. The molecule has 0 aromatic heterocycles. The maximum atomic E-state index is 15.1. The van der Waals surface area contributed by atoms with Gasteiger partial charge in [-0.05, 0) is 0 Å². The molecule has 0 spiro atoms. The van der Waals surface area contributed by atoms with E-state index in [9.17, 15) is 0 Å². The van der Waals surface area contributed by atoms with Crippen LogP contribution in [0.2, 0.25) is 0 Å². The Hall–Kier alpha value is -0.440. The van der Waals surface area contributed by atoms with Gasteiger partial charge in [0.15, 0.2) is 0 Å². The van der Waals surface area contributed by atoms with Crippen LogP contribution >= 0.6 is 6.83 Å². The van der Waals surface area contributed by atoms with Gasteiger partial charge >= 0.3 is 322 Å². The fraction of sp³-hybridized carbons (Fsp3) is 0.880. The number of hydrogen-bond acceptors (Lipinski definition) is 3. The molecule has 5 heteroatoms. The molecule has 0 saturated heterocycles. The molecule has 0 fully saturated rings. The van der Waals surface area contributed by atoms with Crippen LogP contribution in [0.1, 0.15) is 258 Å². The van der Waals surface area contributed by atoms with Crippen LogP contribution in [-0.2, 0) is 20.5 Å². The summed E-state index contributed by atoms with van der Waals surface area (Å²) in [5.41, 5.74) is 0.983. The molecule has 0 atom stereocenters. The molecule has 0 bridgehead atoms. The Morgan fingerprint density at radius 3 is 0.982 bits per heavy atom. The van der Waals surface area contributed by atoms with Gasteiger partial charge in [0, 0.05) is 0 Å². The summed E-state index contributed by atoms with van der Waals surface area (Å²) in [6.07, 6.45) is 47.6. The van der Waals surface area contributed by atoms with E-state index in [0.717, 1.165) is 68.7 Å². The summed E-state index contributed by atoms with van der Waals surface area (Å²) in [6, 6.07) is 7.96. The topological polar surface area (TPSA) is 43.4 Å². The molecule has 1 aromatic carbocycles. The zero-order valence-corrected chi connectivity index (χ0v) is 39.7. The molecule has 0 unspecified atom stereocenters. The molecule has 55 heavy (non-hydrogen) atoms. The van der Waals surface area contributed by atoms with Crippen LogP contribution in [0, 0.1) is 0 Å². The molecule has 1 aromatic rings. The van der Waals surface area contributed by atoms with Crippen LogP contribution in [-0.4, -0.2) is 33.1 Å². The first-order valence-electron chi connectivity index (χ1n) is 24.9. The van der Waals surface area contributed by atoms with Crippen LogP contribution < -0.4 is 0 Å². The minimum atomic E-state index is -3.92. The van der Waals surface area contributed by atoms with Crippen molar-refractivity contribution in [2.75, 3.05) is 24.6 Å². The normalized spacial score (nSPS) is 13.0. The van der Waals surface area contributed by atoms with Gasteiger partial charge < -0.3 is 0 Å². The third-order valence-corrected chi connectivity index (χ3v) is 21.9. The zero-order valence-electron chi connectivity index (χ0n) is 38.0. The van der Waals surface area contributed by atoms with E-state index in [-0.39, 0.29) is 0 Å². The first-order chi connectivity index (χ1) is 26.8.